The van der Waals surface area contributed by atoms with E-state index in [0.717, 1.165) is 11.3 Å². The summed E-state index contributed by atoms with van der Waals surface area (Å²) in [5.41, 5.74) is 1.70. The number of hydrogen-bond donors (Lipinski definition) is 0. The van der Waals surface area contributed by atoms with Crippen LogP contribution in [-0.4, -0.2) is 37.7 Å². The molecule has 1 aliphatic heterocycles. The van der Waals surface area contributed by atoms with Crippen LogP contribution in [0.15, 0.2) is 42.5 Å². The number of carbonyl (C=O) groups excluding carboxylic acids is 1. The molecular weight excluding hydrogens is 346 g/mol. The zero-order chi connectivity index (χ0) is 19.4. The first-order valence-electron chi connectivity index (χ1n) is 8.97. The zero-order valence-corrected chi connectivity index (χ0v) is 16.1. The third-order valence-corrected chi connectivity index (χ3v) is 4.55. The lowest BCUT2D eigenvalue weighted by Crippen LogP contribution is -2.30. The van der Waals surface area contributed by atoms with Crippen LogP contribution in [0.2, 0.25) is 0 Å². The van der Waals surface area contributed by atoms with Crippen LogP contribution in [0.4, 0.5) is 0 Å². The second kappa shape index (κ2) is 8.31. The standard InChI is InChI=1S/C21H25NO5/c1-5-26-16-11-9-15(10-12-16)13-22-20(23)14(2)27-21(22)19-17(24-3)7-6-8-18(19)25-4/h6-12,14,21H,5,13H2,1-4H3/t14?,21-/m1/s1. The number of hydrogen-bond acceptors (Lipinski definition) is 5. The van der Waals surface area contributed by atoms with Crippen molar-refractivity contribution in [1.82, 2.24) is 4.90 Å². The molecule has 1 saturated heterocycles. The number of benzene rings is 2. The first kappa shape index (κ1) is 19.0. The van der Waals surface area contributed by atoms with E-state index < -0.39 is 12.3 Å². The Balaban J connectivity index is 1.92. The maximum atomic E-state index is 12.8. The van der Waals surface area contributed by atoms with Gasteiger partial charge in [0.15, 0.2) is 6.23 Å². The molecule has 1 fully saturated rings. The van der Waals surface area contributed by atoms with E-state index in [1.165, 1.54) is 0 Å². The summed E-state index contributed by atoms with van der Waals surface area (Å²) in [5.74, 6) is 1.99. The number of methoxy groups -OCH3 is 2. The van der Waals surface area contributed by atoms with Gasteiger partial charge in [-0.1, -0.05) is 18.2 Å². The summed E-state index contributed by atoms with van der Waals surface area (Å²) in [6.45, 7) is 4.74. The highest BCUT2D eigenvalue weighted by Gasteiger charge is 2.41. The Bertz CT molecular complexity index is 767. The Hall–Kier alpha value is -2.73. The Morgan fingerprint density at radius 2 is 1.67 bits per heavy atom. The number of ether oxygens (including phenoxy) is 4. The summed E-state index contributed by atoms with van der Waals surface area (Å²) in [7, 11) is 3.19. The van der Waals surface area contributed by atoms with Crippen molar-refractivity contribution in [2.75, 3.05) is 20.8 Å². The van der Waals surface area contributed by atoms with Crippen LogP contribution in [0.3, 0.4) is 0 Å². The molecule has 2 atom stereocenters. The molecule has 0 N–H and O–H groups in total. The maximum Gasteiger partial charge on any atom is 0.254 e. The molecule has 2 aromatic carbocycles. The minimum atomic E-state index is -0.579. The predicted molar refractivity (Wildman–Crippen MR) is 101 cm³/mol. The second-order valence-electron chi connectivity index (χ2n) is 6.25. The molecule has 2 aromatic rings. The summed E-state index contributed by atoms with van der Waals surface area (Å²) >= 11 is 0. The molecule has 27 heavy (non-hydrogen) atoms. The topological polar surface area (TPSA) is 57.2 Å². The van der Waals surface area contributed by atoms with Gasteiger partial charge in [-0.05, 0) is 43.7 Å². The van der Waals surface area contributed by atoms with Gasteiger partial charge in [-0.15, -0.1) is 0 Å². The lowest BCUT2D eigenvalue weighted by atomic mass is 10.1. The molecule has 0 radical (unpaired) electrons. The van der Waals surface area contributed by atoms with E-state index in [1.807, 2.05) is 49.4 Å². The normalized spacial score (nSPS) is 19.3. The van der Waals surface area contributed by atoms with Crippen LogP contribution < -0.4 is 14.2 Å². The van der Waals surface area contributed by atoms with E-state index in [2.05, 4.69) is 0 Å². The quantitative estimate of drug-likeness (QED) is 0.745. The van der Waals surface area contributed by atoms with Crippen LogP contribution in [-0.2, 0) is 16.1 Å². The summed E-state index contributed by atoms with van der Waals surface area (Å²) in [6, 6.07) is 13.2. The molecule has 6 nitrogen and oxygen atoms in total. The highest BCUT2D eigenvalue weighted by molar-refractivity contribution is 5.83. The smallest absolute Gasteiger partial charge is 0.254 e. The van der Waals surface area contributed by atoms with Crippen molar-refractivity contribution in [3.05, 3.63) is 53.6 Å². The van der Waals surface area contributed by atoms with Gasteiger partial charge in [0.05, 0.1) is 26.4 Å². The van der Waals surface area contributed by atoms with Crippen LogP contribution in [0.25, 0.3) is 0 Å². The van der Waals surface area contributed by atoms with Crippen molar-refractivity contribution in [2.24, 2.45) is 0 Å². The number of carbonyl (C=O) groups is 1. The third-order valence-electron chi connectivity index (χ3n) is 4.55. The molecule has 0 aliphatic carbocycles. The van der Waals surface area contributed by atoms with E-state index in [0.29, 0.717) is 30.2 Å². The van der Waals surface area contributed by atoms with Crippen LogP contribution in [0, 0.1) is 0 Å². The summed E-state index contributed by atoms with van der Waals surface area (Å²) in [4.78, 5) is 14.5. The molecular formula is C21H25NO5. The van der Waals surface area contributed by atoms with Crippen molar-refractivity contribution in [3.8, 4) is 17.2 Å². The fraction of sp³-hybridized carbons (Fsp3) is 0.381. The molecule has 3 rings (SSSR count). The summed E-state index contributed by atoms with van der Waals surface area (Å²) < 4.78 is 22.5. The van der Waals surface area contributed by atoms with Crippen molar-refractivity contribution in [3.63, 3.8) is 0 Å². The van der Waals surface area contributed by atoms with Gasteiger partial charge in [-0.2, -0.15) is 0 Å². The third kappa shape index (κ3) is 3.85. The molecule has 6 heteroatoms. The lowest BCUT2D eigenvalue weighted by Gasteiger charge is -2.26. The van der Waals surface area contributed by atoms with E-state index in [-0.39, 0.29) is 5.91 Å². The summed E-state index contributed by atoms with van der Waals surface area (Å²) in [5, 5.41) is 0. The van der Waals surface area contributed by atoms with Gasteiger partial charge in [0.2, 0.25) is 0 Å². The predicted octanol–water partition coefficient (Wildman–Crippen LogP) is 3.55. The highest BCUT2D eigenvalue weighted by atomic mass is 16.5. The molecule has 144 valence electrons. The van der Waals surface area contributed by atoms with Gasteiger partial charge in [-0.3, -0.25) is 4.79 Å². The number of nitrogens with zero attached hydrogens (tertiary/aromatic N) is 1. The van der Waals surface area contributed by atoms with Crippen molar-refractivity contribution in [1.29, 1.82) is 0 Å². The minimum Gasteiger partial charge on any atom is -0.496 e. The lowest BCUT2D eigenvalue weighted by molar-refractivity contribution is -0.130. The first-order chi connectivity index (χ1) is 13.1. The van der Waals surface area contributed by atoms with E-state index >= 15 is 0 Å². The van der Waals surface area contributed by atoms with E-state index in [9.17, 15) is 4.79 Å². The van der Waals surface area contributed by atoms with E-state index in [4.69, 9.17) is 18.9 Å². The Kier molecular flexibility index (Phi) is 5.86. The van der Waals surface area contributed by atoms with Gasteiger partial charge in [0.1, 0.15) is 23.4 Å². The molecule has 1 aliphatic rings. The van der Waals surface area contributed by atoms with Gasteiger partial charge >= 0.3 is 0 Å². The van der Waals surface area contributed by atoms with Crippen LogP contribution in [0.5, 0.6) is 17.2 Å². The molecule has 0 saturated carbocycles. The number of rotatable bonds is 7. The Morgan fingerprint density at radius 1 is 1.04 bits per heavy atom. The molecule has 1 unspecified atom stereocenters. The molecule has 1 amide bonds. The molecule has 0 bridgehead atoms. The largest absolute Gasteiger partial charge is 0.496 e. The molecule has 1 heterocycles. The maximum absolute atomic E-state index is 12.8. The Morgan fingerprint density at radius 3 is 2.22 bits per heavy atom. The average molecular weight is 371 g/mol. The van der Waals surface area contributed by atoms with Crippen LogP contribution >= 0.6 is 0 Å². The van der Waals surface area contributed by atoms with E-state index in [1.54, 1.807) is 26.0 Å². The zero-order valence-electron chi connectivity index (χ0n) is 16.1. The molecule has 0 spiro atoms. The first-order valence-corrected chi connectivity index (χ1v) is 8.97. The van der Waals surface area contributed by atoms with Crippen molar-refractivity contribution >= 4 is 5.91 Å². The fourth-order valence-corrected chi connectivity index (χ4v) is 3.24. The highest BCUT2D eigenvalue weighted by Crippen LogP contribution is 2.42. The van der Waals surface area contributed by atoms with Crippen molar-refractivity contribution < 1.29 is 23.7 Å². The second-order valence-corrected chi connectivity index (χ2v) is 6.25. The molecule has 0 aromatic heterocycles. The van der Waals surface area contributed by atoms with Gasteiger partial charge in [-0.25, -0.2) is 0 Å². The SMILES string of the molecule is CCOc1ccc(CN2C(=O)C(C)O[C@@H]2c2c(OC)cccc2OC)cc1. The van der Waals surface area contributed by atoms with Crippen LogP contribution in [0.1, 0.15) is 31.2 Å². The van der Waals surface area contributed by atoms with Gasteiger partial charge < -0.3 is 23.8 Å². The minimum absolute atomic E-state index is 0.0677. The monoisotopic (exact) mass is 371 g/mol. The van der Waals surface area contributed by atoms with Gasteiger partial charge in [0, 0.05) is 6.54 Å². The number of amides is 1. The fourth-order valence-electron chi connectivity index (χ4n) is 3.24. The van der Waals surface area contributed by atoms with Crippen molar-refractivity contribution in [2.45, 2.75) is 32.7 Å². The Labute approximate surface area is 159 Å². The average Bonchev–Trinajstić information content (AvgIpc) is 2.97. The summed E-state index contributed by atoms with van der Waals surface area (Å²) in [6.07, 6.45) is -1.11. The van der Waals surface area contributed by atoms with Gasteiger partial charge in [0.25, 0.3) is 5.91 Å².